The number of para-hydroxylation sites is 1. The van der Waals surface area contributed by atoms with Crippen molar-refractivity contribution in [2.75, 3.05) is 7.05 Å². The molecule has 0 aliphatic carbocycles. The highest BCUT2D eigenvalue weighted by Crippen LogP contribution is 2.30. The summed E-state index contributed by atoms with van der Waals surface area (Å²) in [6.07, 6.45) is 6.32. The fraction of sp³-hybridized carbons (Fsp3) is 0.500. The van der Waals surface area contributed by atoms with Crippen LogP contribution in [0, 0.1) is 13.8 Å². The average molecular weight is 338 g/mol. The molecule has 1 aromatic heterocycles. The molecule has 4 rings (SSSR count). The summed E-state index contributed by atoms with van der Waals surface area (Å²) in [4.78, 5) is 15.0. The Balaban J connectivity index is 1.58. The molecule has 2 unspecified atom stereocenters. The van der Waals surface area contributed by atoms with Gasteiger partial charge in [-0.1, -0.05) is 18.2 Å². The van der Waals surface area contributed by atoms with Gasteiger partial charge >= 0.3 is 0 Å². The van der Waals surface area contributed by atoms with E-state index in [9.17, 15) is 4.79 Å². The van der Waals surface area contributed by atoms with E-state index in [4.69, 9.17) is 0 Å². The van der Waals surface area contributed by atoms with Crippen molar-refractivity contribution in [2.24, 2.45) is 0 Å². The number of carbonyl (C=O) groups excluding carboxylic acids is 1. The van der Waals surface area contributed by atoms with Gasteiger partial charge in [-0.15, -0.1) is 0 Å². The van der Waals surface area contributed by atoms with Gasteiger partial charge in [-0.3, -0.25) is 4.79 Å². The molecule has 5 heteroatoms. The van der Waals surface area contributed by atoms with Gasteiger partial charge in [0.05, 0.1) is 23.1 Å². The van der Waals surface area contributed by atoms with Crippen LogP contribution in [0.25, 0.3) is 5.69 Å². The summed E-state index contributed by atoms with van der Waals surface area (Å²) in [5.74, 6) is 0.0867. The highest BCUT2D eigenvalue weighted by Gasteiger charge is 2.37. The van der Waals surface area contributed by atoms with Gasteiger partial charge in [-0.2, -0.15) is 5.10 Å². The standard InChI is InChI=1S/C20H26N4O/c1-13-6-4-5-7-19(13)24-14(2)18(12-21-24)20(25)23(3)17-10-15-8-9-16(11-17)22-15/h4-7,12,15-17,22H,8-11H2,1-3H3. The van der Waals surface area contributed by atoms with Gasteiger partial charge in [0.25, 0.3) is 5.91 Å². The first-order chi connectivity index (χ1) is 12.0. The van der Waals surface area contributed by atoms with Gasteiger partial charge in [-0.25, -0.2) is 4.68 Å². The van der Waals surface area contributed by atoms with E-state index in [0.717, 1.165) is 29.8 Å². The quantitative estimate of drug-likeness (QED) is 0.936. The molecule has 25 heavy (non-hydrogen) atoms. The predicted molar refractivity (Wildman–Crippen MR) is 98.1 cm³/mol. The van der Waals surface area contributed by atoms with Gasteiger partial charge in [0.2, 0.25) is 0 Å². The molecule has 2 saturated heterocycles. The van der Waals surface area contributed by atoms with E-state index in [0.29, 0.717) is 23.7 Å². The monoisotopic (exact) mass is 338 g/mol. The Hall–Kier alpha value is -2.14. The van der Waals surface area contributed by atoms with Crippen molar-refractivity contribution in [3.8, 4) is 5.69 Å². The van der Waals surface area contributed by atoms with Crippen LogP contribution in [-0.4, -0.2) is 45.8 Å². The Bertz CT molecular complexity index is 785. The van der Waals surface area contributed by atoms with Crippen LogP contribution in [-0.2, 0) is 0 Å². The maximum Gasteiger partial charge on any atom is 0.257 e. The van der Waals surface area contributed by atoms with Crippen molar-refractivity contribution in [3.05, 3.63) is 47.3 Å². The summed E-state index contributed by atoms with van der Waals surface area (Å²) in [5.41, 5.74) is 3.79. The van der Waals surface area contributed by atoms with Crippen molar-refractivity contribution in [1.82, 2.24) is 20.0 Å². The van der Waals surface area contributed by atoms with Crippen molar-refractivity contribution < 1.29 is 4.79 Å². The van der Waals surface area contributed by atoms with Gasteiger partial charge in [0.15, 0.2) is 0 Å². The minimum Gasteiger partial charge on any atom is -0.338 e. The summed E-state index contributed by atoms with van der Waals surface area (Å²) < 4.78 is 1.88. The lowest BCUT2D eigenvalue weighted by Gasteiger charge is -2.35. The molecule has 3 heterocycles. The maximum absolute atomic E-state index is 13.1. The SMILES string of the molecule is Cc1ccccc1-n1ncc(C(=O)N(C)C2CC3CCC(C2)N3)c1C. The molecule has 1 aromatic carbocycles. The Morgan fingerprint density at radius 1 is 1.20 bits per heavy atom. The maximum atomic E-state index is 13.1. The fourth-order valence-electron chi connectivity index (χ4n) is 4.36. The number of fused-ring (bicyclic) bond motifs is 2. The normalized spacial score (nSPS) is 25.2. The fourth-order valence-corrected chi connectivity index (χ4v) is 4.36. The van der Waals surface area contributed by atoms with E-state index in [1.165, 1.54) is 12.8 Å². The molecule has 5 nitrogen and oxygen atoms in total. The Labute approximate surface area is 149 Å². The number of aryl methyl sites for hydroxylation is 1. The van der Waals surface area contributed by atoms with Gasteiger partial charge in [0, 0.05) is 25.2 Å². The van der Waals surface area contributed by atoms with Crippen LogP contribution in [0.2, 0.25) is 0 Å². The van der Waals surface area contributed by atoms with Crippen LogP contribution >= 0.6 is 0 Å². The van der Waals surface area contributed by atoms with E-state index in [2.05, 4.69) is 23.4 Å². The second kappa shape index (κ2) is 6.30. The number of aromatic nitrogens is 2. The molecule has 0 saturated carbocycles. The molecule has 1 N–H and O–H groups in total. The van der Waals surface area contributed by atoms with Crippen LogP contribution in [0.15, 0.2) is 30.5 Å². The number of hydrogen-bond acceptors (Lipinski definition) is 3. The van der Waals surface area contributed by atoms with Crippen molar-refractivity contribution in [3.63, 3.8) is 0 Å². The second-order valence-electron chi connectivity index (χ2n) is 7.52. The van der Waals surface area contributed by atoms with Crippen molar-refractivity contribution in [1.29, 1.82) is 0 Å². The zero-order valence-corrected chi connectivity index (χ0v) is 15.2. The van der Waals surface area contributed by atoms with Crippen LogP contribution in [0.3, 0.4) is 0 Å². The van der Waals surface area contributed by atoms with Crippen molar-refractivity contribution in [2.45, 2.75) is 57.7 Å². The summed E-state index contributed by atoms with van der Waals surface area (Å²) >= 11 is 0. The molecule has 0 radical (unpaired) electrons. The lowest BCUT2D eigenvalue weighted by atomic mass is 9.98. The highest BCUT2D eigenvalue weighted by atomic mass is 16.2. The molecule has 2 atom stereocenters. The van der Waals surface area contributed by atoms with Gasteiger partial charge in [0.1, 0.15) is 0 Å². The first-order valence-corrected chi connectivity index (χ1v) is 9.18. The van der Waals surface area contributed by atoms with Crippen LogP contribution in [0.1, 0.15) is 47.3 Å². The highest BCUT2D eigenvalue weighted by molar-refractivity contribution is 5.95. The zero-order chi connectivity index (χ0) is 17.6. The molecule has 132 valence electrons. The lowest BCUT2D eigenvalue weighted by Crippen LogP contribution is -2.48. The predicted octanol–water partition coefficient (Wildman–Crippen LogP) is 2.84. The Kier molecular flexibility index (Phi) is 4.12. The van der Waals surface area contributed by atoms with E-state index in [-0.39, 0.29) is 5.91 Å². The van der Waals surface area contributed by atoms with Crippen LogP contribution in [0.4, 0.5) is 0 Å². The molecular weight excluding hydrogens is 312 g/mol. The third kappa shape index (κ3) is 2.86. The average Bonchev–Trinajstić information content (AvgIpc) is 3.16. The number of rotatable bonds is 3. The van der Waals surface area contributed by atoms with E-state index < -0.39 is 0 Å². The minimum absolute atomic E-state index is 0.0867. The number of nitrogens with zero attached hydrogens (tertiary/aromatic N) is 3. The Morgan fingerprint density at radius 3 is 2.56 bits per heavy atom. The first-order valence-electron chi connectivity index (χ1n) is 9.18. The topological polar surface area (TPSA) is 50.2 Å². The summed E-state index contributed by atoms with van der Waals surface area (Å²) in [7, 11) is 1.95. The third-order valence-corrected chi connectivity index (χ3v) is 5.90. The number of piperidine rings is 1. The van der Waals surface area contributed by atoms with Gasteiger partial charge in [-0.05, 0) is 51.2 Å². The van der Waals surface area contributed by atoms with Crippen molar-refractivity contribution >= 4 is 5.91 Å². The third-order valence-electron chi connectivity index (χ3n) is 5.90. The second-order valence-corrected chi connectivity index (χ2v) is 7.52. The number of hydrogen-bond donors (Lipinski definition) is 1. The Morgan fingerprint density at radius 2 is 1.88 bits per heavy atom. The van der Waals surface area contributed by atoms with E-state index in [1.807, 2.05) is 41.8 Å². The van der Waals surface area contributed by atoms with Crippen LogP contribution < -0.4 is 5.32 Å². The minimum atomic E-state index is 0.0867. The van der Waals surface area contributed by atoms with E-state index >= 15 is 0 Å². The molecule has 2 fully saturated rings. The number of carbonyl (C=O) groups is 1. The molecule has 2 aromatic rings. The summed E-state index contributed by atoms with van der Waals surface area (Å²) in [6.45, 7) is 4.04. The molecule has 2 bridgehead atoms. The van der Waals surface area contributed by atoms with Crippen LogP contribution in [0.5, 0.6) is 0 Å². The van der Waals surface area contributed by atoms with E-state index in [1.54, 1.807) is 6.20 Å². The molecule has 1 amide bonds. The number of benzene rings is 1. The number of nitrogens with one attached hydrogen (secondary N) is 1. The molecular formula is C20H26N4O. The number of amides is 1. The smallest absolute Gasteiger partial charge is 0.257 e. The first kappa shape index (κ1) is 16.3. The largest absolute Gasteiger partial charge is 0.338 e. The summed E-state index contributed by atoms with van der Waals surface area (Å²) in [5, 5.41) is 8.14. The molecule has 2 aliphatic rings. The van der Waals surface area contributed by atoms with Gasteiger partial charge < -0.3 is 10.2 Å². The molecule has 0 spiro atoms. The zero-order valence-electron chi connectivity index (χ0n) is 15.2. The summed E-state index contributed by atoms with van der Waals surface area (Å²) in [6, 6.07) is 9.61. The molecule has 2 aliphatic heterocycles. The lowest BCUT2D eigenvalue weighted by molar-refractivity contribution is 0.0681.